The van der Waals surface area contributed by atoms with Crippen LogP contribution in [0.2, 0.25) is 0 Å². The van der Waals surface area contributed by atoms with E-state index >= 15 is 0 Å². The number of aromatic nitrogens is 4. The number of rotatable bonds is 6. The maximum atomic E-state index is 11.5. The summed E-state index contributed by atoms with van der Waals surface area (Å²) >= 11 is 0. The molecule has 0 bridgehead atoms. The summed E-state index contributed by atoms with van der Waals surface area (Å²) in [6.07, 6.45) is 2.58. The average molecular weight is 420 g/mol. The van der Waals surface area contributed by atoms with Gasteiger partial charge in [0.1, 0.15) is 0 Å². The van der Waals surface area contributed by atoms with Gasteiger partial charge in [-0.15, -0.1) is 0 Å². The van der Waals surface area contributed by atoms with E-state index in [1.54, 1.807) is 0 Å². The lowest BCUT2D eigenvalue weighted by molar-refractivity contribution is 0.627. The van der Waals surface area contributed by atoms with Crippen LogP contribution in [0.15, 0.2) is 60.8 Å². The number of hydrogen-bond donors (Lipinski definition) is 1. The van der Waals surface area contributed by atoms with E-state index in [9.17, 15) is 4.21 Å². The first kappa shape index (κ1) is 20.4. The van der Waals surface area contributed by atoms with Crippen molar-refractivity contribution in [3.8, 4) is 17.1 Å². The molecule has 3 atom stereocenters. The molecule has 0 radical (unpaired) electrons. The molecule has 4 rings (SSSR count). The van der Waals surface area contributed by atoms with Crippen molar-refractivity contribution in [2.75, 3.05) is 0 Å². The number of pyridine rings is 2. The van der Waals surface area contributed by atoms with Crippen LogP contribution in [-0.4, -0.2) is 29.2 Å². The highest BCUT2D eigenvalue weighted by Crippen LogP contribution is 2.27. The quantitative estimate of drug-likeness (QED) is 0.505. The molecule has 2 N–H and O–H groups in total. The van der Waals surface area contributed by atoms with Gasteiger partial charge < -0.3 is 0 Å². The molecule has 3 heterocycles. The number of fused-ring (bicyclic) bond motifs is 1. The van der Waals surface area contributed by atoms with Gasteiger partial charge in [-0.25, -0.2) is 13.9 Å². The van der Waals surface area contributed by atoms with Crippen LogP contribution < -0.4 is 5.14 Å². The Morgan fingerprint density at radius 2 is 1.87 bits per heavy atom. The summed E-state index contributed by atoms with van der Waals surface area (Å²) < 4.78 is 13.4. The minimum absolute atomic E-state index is 0.0713. The lowest BCUT2D eigenvalue weighted by Crippen LogP contribution is -2.20. The van der Waals surface area contributed by atoms with Crippen LogP contribution in [0.5, 0.6) is 0 Å². The maximum absolute atomic E-state index is 11.5. The van der Waals surface area contributed by atoms with Crippen LogP contribution in [-0.2, 0) is 11.0 Å². The Morgan fingerprint density at radius 1 is 1.07 bits per heavy atom. The molecule has 2 unspecified atom stereocenters. The third-order valence-electron chi connectivity index (χ3n) is 5.31. The molecular weight excluding hydrogens is 394 g/mol. The van der Waals surface area contributed by atoms with Gasteiger partial charge in [-0.2, -0.15) is 5.10 Å². The zero-order chi connectivity index (χ0) is 21.3. The van der Waals surface area contributed by atoms with Crippen molar-refractivity contribution in [1.82, 2.24) is 19.7 Å². The molecule has 0 aliphatic heterocycles. The lowest BCUT2D eigenvalue weighted by Gasteiger charge is -2.15. The van der Waals surface area contributed by atoms with Gasteiger partial charge in [-0.05, 0) is 56.5 Å². The Hall–Kier alpha value is -2.90. The molecule has 1 aromatic carbocycles. The molecule has 6 nitrogen and oxygen atoms in total. The minimum Gasteiger partial charge on any atom is -0.253 e. The van der Waals surface area contributed by atoms with Crippen LogP contribution in [0.3, 0.4) is 0 Å². The fraction of sp³-hybridized carbons (Fsp3) is 0.261. The van der Waals surface area contributed by atoms with Crippen molar-refractivity contribution < 1.29 is 4.21 Å². The van der Waals surface area contributed by atoms with E-state index in [1.807, 2.05) is 61.1 Å². The van der Waals surface area contributed by atoms with E-state index in [4.69, 9.17) is 10.1 Å². The summed E-state index contributed by atoms with van der Waals surface area (Å²) in [5.41, 5.74) is 4.81. The van der Waals surface area contributed by atoms with E-state index in [0.29, 0.717) is 0 Å². The van der Waals surface area contributed by atoms with Gasteiger partial charge in [-0.1, -0.05) is 31.2 Å². The van der Waals surface area contributed by atoms with E-state index < -0.39 is 11.0 Å². The number of hydrogen-bond acceptors (Lipinski definition) is 4. The Morgan fingerprint density at radius 3 is 2.63 bits per heavy atom. The lowest BCUT2D eigenvalue weighted by atomic mass is 10.0. The molecule has 0 aliphatic carbocycles. The molecule has 0 fully saturated rings. The van der Waals surface area contributed by atoms with Gasteiger partial charge in [0.05, 0.1) is 28.4 Å². The first-order valence-corrected chi connectivity index (χ1v) is 11.2. The van der Waals surface area contributed by atoms with Crippen molar-refractivity contribution in [2.45, 2.75) is 38.4 Å². The molecule has 0 amide bonds. The highest BCUT2D eigenvalue weighted by molar-refractivity contribution is 7.83. The number of benzene rings is 1. The van der Waals surface area contributed by atoms with Gasteiger partial charge in [0.15, 0.2) is 5.82 Å². The zero-order valence-electron chi connectivity index (χ0n) is 17.3. The van der Waals surface area contributed by atoms with Crippen LogP contribution in [0.25, 0.3) is 28.0 Å². The topological polar surface area (TPSA) is 86.7 Å². The monoisotopic (exact) mass is 419 g/mol. The van der Waals surface area contributed by atoms with E-state index in [0.717, 1.165) is 45.8 Å². The summed E-state index contributed by atoms with van der Waals surface area (Å²) in [6.45, 7) is 5.97. The Kier molecular flexibility index (Phi) is 5.74. The Bertz CT molecular complexity index is 1220. The fourth-order valence-electron chi connectivity index (χ4n) is 3.61. The fourth-order valence-corrected chi connectivity index (χ4v) is 4.09. The highest BCUT2D eigenvalue weighted by Gasteiger charge is 2.16. The third-order valence-corrected chi connectivity index (χ3v) is 6.30. The van der Waals surface area contributed by atoms with Crippen molar-refractivity contribution in [3.05, 3.63) is 72.2 Å². The Balaban J connectivity index is 1.70. The third kappa shape index (κ3) is 4.17. The second-order valence-corrected chi connectivity index (χ2v) is 9.15. The molecule has 4 aromatic rings. The molecule has 7 heteroatoms. The number of aryl methyl sites for hydroxylation is 1. The van der Waals surface area contributed by atoms with Gasteiger partial charge in [0, 0.05) is 27.6 Å². The molecule has 0 spiro atoms. The van der Waals surface area contributed by atoms with Crippen molar-refractivity contribution in [3.63, 3.8) is 0 Å². The van der Waals surface area contributed by atoms with Gasteiger partial charge in [0.25, 0.3) is 0 Å². The smallest absolute Gasteiger partial charge is 0.154 e. The van der Waals surface area contributed by atoms with Crippen molar-refractivity contribution in [1.29, 1.82) is 0 Å². The van der Waals surface area contributed by atoms with Crippen LogP contribution in [0.1, 0.15) is 37.6 Å². The largest absolute Gasteiger partial charge is 0.253 e. The molecule has 0 saturated carbocycles. The molecule has 0 saturated heterocycles. The normalized spacial score (nSPS) is 14.5. The molecule has 3 aromatic heterocycles. The van der Waals surface area contributed by atoms with Crippen LogP contribution >= 0.6 is 0 Å². The highest BCUT2D eigenvalue weighted by atomic mass is 32.2. The maximum Gasteiger partial charge on any atom is 0.154 e. The van der Waals surface area contributed by atoms with Gasteiger partial charge in [0.2, 0.25) is 0 Å². The standard InChI is InChI=1S/C23H25N5OS/c1-15(12-17(3)30(24)29)20-7-5-8-21(27-20)18-10-11-19-14-25-28(22(19)13-18)23-9-4-6-16(2)26-23/h4-11,13-15,17H,12,24H2,1-3H3/t15-,17?,30?/m1/s1. The van der Waals surface area contributed by atoms with Crippen molar-refractivity contribution in [2.24, 2.45) is 5.14 Å². The summed E-state index contributed by atoms with van der Waals surface area (Å²) in [4.78, 5) is 9.47. The predicted octanol–water partition coefficient (Wildman–Crippen LogP) is 4.30. The molecular formula is C23H25N5OS. The zero-order valence-corrected chi connectivity index (χ0v) is 18.1. The first-order chi connectivity index (χ1) is 14.4. The van der Waals surface area contributed by atoms with E-state index in [2.05, 4.69) is 35.2 Å². The second-order valence-electron chi connectivity index (χ2n) is 7.69. The summed E-state index contributed by atoms with van der Waals surface area (Å²) in [7, 11) is -1.32. The van der Waals surface area contributed by atoms with Gasteiger partial charge in [-0.3, -0.25) is 10.1 Å². The minimum atomic E-state index is -1.32. The predicted molar refractivity (Wildman–Crippen MR) is 122 cm³/mol. The second kappa shape index (κ2) is 8.45. The first-order valence-electron chi connectivity index (χ1n) is 9.96. The number of nitrogens with zero attached hydrogens (tertiary/aromatic N) is 4. The summed E-state index contributed by atoms with van der Waals surface area (Å²) in [6, 6.07) is 18.2. The SMILES string of the molecule is Cc1cccc(-n2ncc3ccc(-c4cccc([C@H](C)CC(C)S(N)=O)n4)cc32)n1. The summed E-state index contributed by atoms with van der Waals surface area (Å²) in [5.74, 6) is 0.958. The molecule has 0 aliphatic rings. The van der Waals surface area contributed by atoms with E-state index in [1.165, 1.54) is 0 Å². The average Bonchev–Trinajstić information content (AvgIpc) is 3.17. The van der Waals surface area contributed by atoms with Crippen LogP contribution in [0.4, 0.5) is 0 Å². The van der Waals surface area contributed by atoms with Gasteiger partial charge >= 0.3 is 0 Å². The molecule has 154 valence electrons. The van der Waals surface area contributed by atoms with Crippen molar-refractivity contribution >= 4 is 21.9 Å². The Labute approximate surface area is 178 Å². The number of nitrogens with two attached hydrogens (primary N) is 1. The van der Waals surface area contributed by atoms with Crippen LogP contribution in [0, 0.1) is 6.92 Å². The molecule has 30 heavy (non-hydrogen) atoms. The summed E-state index contributed by atoms with van der Waals surface area (Å²) in [5, 5.41) is 11.0. The van der Waals surface area contributed by atoms with E-state index in [-0.39, 0.29) is 11.2 Å².